The Morgan fingerprint density at radius 1 is 0.964 bits per heavy atom. The van der Waals surface area contributed by atoms with Crippen LogP contribution in [0.2, 0.25) is 0 Å². The Balaban J connectivity index is 1.46. The maximum absolute atomic E-state index is 13.2. The van der Waals surface area contributed by atoms with Crippen molar-refractivity contribution in [3.8, 4) is 5.75 Å². The van der Waals surface area contributed by atoms with E-state index in [0.717, 1.165) is 64.7 Å². The molecule has 1 N–H and O–H groups in total. The van der Waals surface area contributed by atoms with Gasteiger partial charge in [0.05, 0.1) is 5.56 Å². The van der Waals surface area contributed by atoms with E-state index in [9.17, 15) is 4.79 Å². The van der Waals surface area contributed by atoms with E-state index in [-0.39, 0.29) is 12.4 Å². The third-order valence-electron chi connectivity index (χ3n) is 5.50. The maximum atomic E-state index is 13.2. The Morgan fingerprint density at radius 2 is 1.79 bits per heavy atom. The summed E-state index contributed by atoms with van der Waals surface area (Å²) in [6.07, 6.45) is 0.853. The van der Waals surface area contributed by atoms with E-state index in [2.05, 4.69) is 28.1 Å². The average Bonchev–Trinajstić information content (AvgIpc) is 2.87. The molecule has 2 heterocycles. The predicted octanol–water partition coefficient (Wildman–Crippen LogP) is 4.20. The number of benzene rings is 3. The molecule has 0 amide bonds. The molecule has 0 fully saturated rings. The summed E-state index contributed by atoms with van der Waals surface area (Å²) in [5.41, 5.74) is 3.08. The Hall–Kier alpha value is -3.11. The standard InChI is InChI=1S/C24H22N2O2/c27-23(16-28-19-10-9-17-5-1-2-6-18(17)15-19)24-20-7-3-4-8-21(20)26-14-13-25-12-11-22(24)26/h1-10,15,25H,11-14,16H2. The van der Waals surface area contributed by atoms with Gasteiger partial charge in [0.15, 0.2) is 6.61 Å². The van der Waals surface area contributed by atoms with E-state index < -0.39 is 0 Å². The van der Waals surface area contributed by atoms with Gasteiger partial charge in [0.25, 0.3) is 0 Å². The molecule has 5 rings (SSSR count). The second-order valence-electron chi connectivity index (χ2n) is 7.21. The topological polar surface area (TPSA) is 43.3 Å². The number of ether oxygens (including phenoxy) is 1. The summed E-state index contributed by atoms with van der Waals surface area (Å²) < 4.78 is 8.19. The van der Waals surface area contributed by atoms with Crippen molar-refractivity contribution in [3.63, 3.8) is 0 Å². The fourth-order valence-corrected chi connectivity index (χ4v) is 4.18. The van der Waals surface area contributed by atoms with Crippen LogP contribution in [0.3, 0.4) is 0 Å². The molecule has 1 aliphatic heterocycles. The molecule has 1 aliphatic rings. The van der Waals surface area contributed by atoms with Crippen molar-refractivity contribution in [2.45, 2.75) is 13.0 Å². The normalized spacial score (nSPS) is 14.0. The van der Waals surface area contributed by atoms with Crippen LogP contribution >= 0.6 is 0 Å². The van der Waals surface area contributed by atoms with Crippen molar-refractivity contribution in [2.24, 2.45) is 0 Å². The number of hydrogen-bond acceptors (Lipinski definition) is 3. The Kier molecular flexibility index (Phi) is 4.34. The molecule has 0 unspecified atom stereocenters. The van der Waals surface area contributed by atoms with Gasteiger partial charge in [-0.05, 0) is 29.0 Å². The third-order valence-corrected chi connectivity index (χ3v) is 5.50. The molecule has 140 valence electrons. The van der Waals surface area contributed by atoms with E-state index in [1.54, 1.807) is 0 Å². The molecule has 0 radical (unpaired) electrons. The second-order valence-corrected chi connectivity index (χ2v) is 7.21. The number of hydrogen-bond donors (Lipinski definition) is 1. The molecule has 0 saturated carbocycles. The van der Waals surface area contributed by atoms with Crippen LogP contribution in [0.25, 0.3) is 21.7 Å². The number of para-hydroxylation sites is 1. The Labute approximate surface area is 163 Å². The summed E-state index contributed by atoms with van der Waals surface area (Å²) in [6, 6.07) is 22.3. The van der Waals surface area contributed by atoms with Crippen LogP contribution < -0.4 is 10.1 Å². The zero-order chi connectivity index (χ0) is 18.9. The van der Waals surface area contributed by atoms with Gasteiger partial charge in [-0.3, -0.25) is 4.79 Å². The summed E-state index contributed by atoms with van der Waals surface area (Å²) in [6.45, 7) is 2.75. The quantitative estimate of drug-likeness (QED) is 0.548. The molecule has 4 heteroatoms. The highest BCUT2D eigenvalue weighted by atomic mass is 16.5. The van der Waals surface area contributed by atoms with Crippen molar-refractivity contribution in [1.29, 1.82) is 0 Å². The SMILES string of the molecule is O=C(COc1ccc2ccccc2c1)c1c2n(c3ccccc13)CCNCC2. The van der Waals surface area contributed by atoms with Gasteiger partial charge in [0.2, 0.25) is 5.78 Å². The number of aromatic nitrogens is 1. The number of carbonyl (C=O) groups excluding carboxylic acids is 1. The molecule has 4 aromatic rings. The number of nitrogens with one attached hydrogen (secondary N) is 1. The van der Waals surface area contributed by atoms with Crippen molar-refractivity contribution < 1.29 is 9.53 Å². The molecule has 4 nitrogen and oxygen atoms in total. The fourth-order valence-electron chi connectivity index (χ4n) is 4.18. The molecule has 0 aliphatic carbocycles. The van der Waals surface area contributed by atoms with Gasteiger partial charge in [-0.2, -0.15) is 0 Å². The summed E-state index contributed by atoms with van der Waals surface area (Å²) in [5, 5.41) is 6.73. The first-order valence-electron chi connectivity index (χ1n) is 9.77. The average molecular weight is 370 g/mol. The lowest BCUT2D eigenvalue weighted by molar-refractivity contribution is 0.0922. The zero-order valence-electron chi connectivity index (χ0n) is 15.7. The van der Waals surface area contributed by atoms with Gasteiger partial charge in [0.1, 0.15) is 5.75 Å². The van der Waals surface area contributed by atoms with Gasteiger partial charge in [-0.25, -0.2) is 0 Å². The predicted molar refractivity (Wildman–Crippen MR) is 112 cm³/mol. The number of ketones is 1. The van der Waals surface area contributed by atoms with Crippen LogP contribution in [-0.4, -0.2) is 30.0 Å². The Morgan fingerprint density at radius 3 is 2.71 bits per heavy atom. The fraction of sp³-hybridized carbons (Fsp3) is 0.208. The zero-order valence-corrected chi connectivity index (χ0v) is 15.7. The van der Waals surface area contributed by atoms with Crippen LogP contribution in [0.5, 0.6) is 5.75 Å². The minimum atomic E-state index is 0.0417. The van der Waals surface area contributed by atoms with Crippen molar-refractivity contribution in [1.82, 2.24) is 9.88 Å². The van der Waals surface area contributed by atoms with Crippen LogP contribution in [-0.2, 0) is 13.0 Å². The minimum absolute atomic E-state index is 0.0417. The van der Waals surface area contributed by atoms with Crippen LogP contribution in [0.1, 0.15) is 16.1 Å². The summed E-state index contributed by atoms with van der Waals surface area (Å²) in [5.74, 6) is 0.767. The Bertz CT molecular complexity index is 1180. The monoisotopic (exact) mass is 370 g/mol. The van der Waals surface area contributed by atoms with Crippen LogP contribution in [0, 0.1) is 0 Å². The van der Waals surface area contributed by atoms with Crippen molar-refractivity contribution in [3.05, 3.63) is 78.0 Å². The van der Waals surface area contributed by atoms with Gasteiger partial charge in [-0.1, -0.05) is 48.5 Å². The number of nitrogens with zero attached hydrogens (tertiary/aromatic N) is 1. The third kappa shape index (κ3) is 2.96. The summed E-state index contributed by atoms with van der Waals surface area (Å²) >= 11 is 0. The number of fused-ring (bicyclic) bond motifs is 4. The number of rotatable bonds is 4. The van der Waals surface area contributed by atoms with Gasteiger partial charge >= 0.3 is 0 Å². The highest BCUT2D eigenvalue weighted by Gasteiger charge is 2.23. The lowest BCUT2D eigenvalue weighted by atomic mass is 10.0. The maximum Gasteiger partial charge on any atom is 0.202 e. The molecule has 0 saturated heterocycles. The minimum Gasteiger partial charge on any atom is -0.485 e. The van der Waals surface area contributed by atoms with Crippen LogP contribution in [0.15, 0.2) is 66.7 Å². The lowest BCUT2D eigenvalue weighted by Crippen LogP contribution is -2.17. The number of carbonyl (C=O) groups is 1. The largest absolute Gasteiger partial charge is 0.485 e. The molecule has 0 atom stereocenters. The number of Topliss-reactive ketones (excluding diaryl/α,β-unsaturated/α-hetero) is 1. The van der Waals surface area contributed by atoms with Crippen molar-refractivity contribution in [2.75, 3.05) is 19.7 Å². The van der Waals surface area contributed by atoms with E-state index in [1.807, 2.05) is 48.5 Å². The first-order valence-corrected chi connectivity index (χ1v) is 9.77. The highest BCUT2D eigenvalue weighted by molar-refractivity contribution is 6.10. The van der Waals surface area contributed by atoms with Gasteiger partial charge < -0.3 is 14.6 Å². The summed E-state index contributed by atoms with van der Waals surface area (Å²) in [4.78, 5) is 13.2. The molecule has 0 spiro atoms. The van der Waals surface area contributed by atoms with Gasteiger partial charge in [-0.15, -0.1) is 0 Å². The van der Waals surface area contributed by atoms with E-state index >= 15 is 0 Å². The molecule has 28 heavy (non-hydrogen) atoms. The second kappa shape index (κ2) is 7.13. The summed E-state index contributed by atoms with van der Waals surface area (Å²) in [7, 11) is 0. The lowest BCUT2D eigenvalue weighted by Gasteiger charge is -2.09. The molecular formula is C24H22N2O2. The highest BCUT2D eigenvalue weighted by Crippen LogP contribution is 2.28. The van der Waals surface area contributed by atoms with E-state index in [0.29, 0.717) is 0 Å². The molecule has 3 aromatic carbocycles. The van der Waals surface area contributed by atoms with Crippen molar-refractivity contribution >= 4 is 27.5 Å². The van der Waals surface area contributed by atoms with E-state index in [4.69, 9.17) is 4.74 Å². The van der Waals surface area contributed by atoms with Gasteiger partial charge in [0, 0.05) is 42.7 Å². The van der Waals surface area contributed by atoms with E-state index in [1.165, 1.54) is 0 Å². The first-order chi connectivity index (χ1) is 13.8. The molecule has 0 bridgehead atoms. The molecular weight excluding hydrogens is 348 g/mol. The molecule has 1 aromatic heterocycles. The van der Waals surface area contributed by atoms with Crippen LogP contribution in [0.4, 0.5) is 0 Å². The smallest absolute Gasteiger partial charge is 0.202 e. The first kappa shape index (κ1) is 17.0.